The molecule has 0 aliphatic carbocycles. The van der Waals surface area contributed by atoms with Gasteiger partial charge in [0.25, 0.3) is 5.91 Å². The number of hydrogen-bond acceptors (Lipinski definition) is 7. The molecule has 2 aliphatic heterocycles. The molecule has 2 aliphatic rings. The van der Waals surface area contributed by atoms with Crippen LogP contribution in [0, 0.1) is 10.8 Å². The van der Waals surface area contributed by atoms with Crippen molar-refractivity contribution in [2.75, 3.05) is 32.1 Å². The number of carbonyl (C=O) groups is 2. The van der Waals surface area contributed by atoms with Crippen molar-refractivity contribution in [3.63, 3.8) is 0 Å². The Morgan fingerprint density at radius 2 is 2.03 bits per heavy atom. The zero-order valence-electron chi connectivity index (χ0n) is 19.1. The first-order valence-electron chi connectivity index (χ1n) is 11.2. The summed E-state index contributed by atoms with van der Waals surface area (Å²) in [6.07, 6.45) is 2.19. The van der Waals surface area contributed by atoms with Crippen molar-refractivity contribution in [1.29, 1.82) is 10.8 Å². The summed E-state index contributed by atoms with van der Waals surface area (Å²) in [5, 5.41) is 28.2. The molecule has 0 atom stereocenters. The molecule has 2 aromatic rings. The molecule has 178 valence electrons. The first-order chi connectivity index (χ1) is 16.4. The van der Waals surface area contributed by atoms with Crippen LogP contribution in [0.25, 0.3) is 0 Å². The molecule has 0 bridgehead atoms. The van der Waals surface area contributed by atoms with E-state index in [4.69, 9.17) is 20.7 Å². The highest BCUT2D eigenvalue weighted by atomic mass is 16.5. The number of hydrogen-bond donors (Lipinski definition) is 4. The molecule has 10 nitrogen and oxygen atoms in total. The third-order valence-electron chi connectivity index (χ3n) is 6.08. The highest BCUT2D eigenvalue weighted by Gasteiger charge is 2.25. The fraction of sp³-hybridized carbons (Fsp3) is 0.375. The van der Waals surface area contributed by atoms with Crippen molar-refractivity contribution < 1.29 is 19.4 Å². The summed E-state index contributed by atoms with van der Waals surface area (Å²) in [4.78, 5) is 33.1. The highest BCUT2D eigenvalue weighted by molar-refractivity contribution is 6.08. The second-order valence-electron chi connectivity index (χ2n) is 8.27. The molecule has 4 rings (SSSR count). The quantitative estimate of drug-likeness (QED) is 0.380. The summed E-state index contributed by atoms with van der Waals surface area (Å²) < 4.78 is 5.47. The zero-order valence-corrected chi connectivity index (χ0v) is 19.1. The molecule has 1 aromatic carbocycles. The van der Waals surface area contributed by atoms with E-state index in [0.29, 0.717) is 55.3 Å². The Balaban J connectivity index is 1.54. The summed E-state index contributed by atoms with van der Waals surface area (Å²) in [6, 6.07) is 8.60. The number of pyridine rings is 1. The Labute approximate surface area is 197 Å². The van der Waals surface area contributed by atoms with Crippen LogP contribution in [0.15, 0.2) is 30.3 Å². The van der Waals surface area contributed by atoms with Crippen molar-refractivity contribution in [2.24, 2.45) is 0 Å². The lowest BCUT2D eigenvalue weighted by molar-refractivity contribution is -0.132. The van der Waals surface area contributed by atoms with Crippen molar-refractivity contribution in [2.45, 2.75) is 32.2 Å². The maximum Gasteiger partial charge on any atom is 0.260 e. The first kappa shape index (κ1) is 23.4. The maximum absolute atomic E-state index is 13.1. The monoisotopic (exact) mass is 464 g/mol. The van der Waals surface area contributed by atoms with E-state index in [1.54, 1.807) is 34.1 Å². The number of nitrogens with one attached hydrogen (secondary N) is 3. The molecule has 0 saturated carbocycles. The summed E-state index contributed by atoms with van der Waals surface area (Å²) in [5.41, 5.74) is 2.57. The smallest absolute Gasteiger partial charge is 0.260 e. The molecular formula is C24H28N6O4. The van der Waals surface area contributed by atoms with Crippen molar-refractivity contribution in [1.82, 2.24) is 14.8 Å². The summed E-state index contributed by atoms with van der Waals surface area (Å²) in [7, 11) is 1.50. The van der Waals surface area contributed by atoms with E-state index in [2.05, 4.69) is 10.3 Å². The van der Waals surface area contributed by atoms with Crippen LogP contribution >= 0.6 is 0 Å². The Kier molecular flexibility index (Phi) is 6.87. The minimum absolute atomic E-state index is 0.0761. The third-order valence-corrected chi connectivity index (χ3v) is 6.08. The van der Waals surface area contributed by atoms with Gasteiger partial charge < -0.3 is 25.0 Å². The van der Waals surface area contributed by atoms with E-state index in [0.717, 1.165) is 17.5 Å². The molecule has 4 N–H and O–H groups in total. The SMILES string of the molecule is COc1cc2c(cc1C(=O)Nc1cccc(C(=N)N3CCCC3=N)n1)CN(C(=O)CCO)CC2. The average Bonchev–Trinajstić information content (AvgIpc) is 3.28. The fourth-order valence-corrected chi connectivity index (χ4v) is 4.28. The molecule has 1 fully saturated rings. The number of nitrogens with zero attached hydrogens (tertiary/aromatic N) is 3. The number of likely N-dealkylation sites (tertiary alicyclic amines) is 1. The normalized spacial score (nSPS) is 15.2. The molecule has 0 radical (unpaired) electrons. The number of fused-ring (bicyclic) bond motifs is 1. The molecule has 3 heterocycles. The van der Waals surface area contributed by atoms with Crippen LogP contribution in [0.5, 0.6) is 5.75 Å². The van der Waals surface area contributed by atoms with Crippen molar-refractivity contribution in [3.05, 3.63) is 52.7 Å². The first-order valence-corrected chi connectivity index (χ1v) is 11.2. The molecule has 0 unspecified atom stereocenters. The number of aliphatic hydroxyl groups is 1. The average molecular weight is 465 g/mol. The van der Waals surface area contributed by atoms with E-state index in [-0.39, 0.29) is 30.6 Å². The van der Waals surface area contributed by atoms with Gasteiger partial charge in [-0.25, -0.2) is 4.98 Å². The van der Waals surface area contributed by atoms with Crippen LogP contribution in [0.4, 0.5) is 5.82 Å². The van der Waals surface area contributed by atoms with Crippen LogP contribution in [0.3, 0.4) is 0 Å². The van der Waals surface area contributed by atoms with Crippen LogP contribution in [-0.4, -0.2) is 70.2 Å². The number of amidine groups is 2. The highest BCUT2D eigenvalue weighted by Crippen LogP contribution is 2.29. The van der Waals surface area contributed by atoms with E-state index in [9.17, 15) is 9.59 Å². The Morgan fingerprint density at radius 3 is 2.74 bits per heavy atom. The van der Waals surface area contributed by atoms with Gasteiger partial charge in [0.05, 0.1) is 19.3 Å². The van der Waals surface area contributed by atoms with Crippen molar-refractivity contribution >= 4 is 29.3 Å². The van der Waals surface area contributed by atoms with E-state index < -0.39 is 5.91 Å². The van der Waals surface area contributed by atoms with Gasteiger partial charge in [-0.1, -0.05) is 6.07 Å². The lowest BCUT2D eigenvalue weighted by Gasteiger charge is -2.29. The number of amides is 2. The second-order valence-corrected chi connectivity index (χ2v) is 8.27. The third kappa shape index (κ3) is 4.76. The predicted octanol–water partition coefficient (Wildman–Crippen LogP) is 2.01. The molecule has 2 amide bonds. The van der Waals surface area contributed by atoms with E-state index >= 15 is 0 Å². The van der Waals surface area contributed by atoms with Gasteiger partial charge in [0.2, 0.25) is 5.91 Å². The number of aromatic nitrogens is 1. The molecule has 0 spiro atoms. The number of carbonyl (C=O) groups excluding carboxylic acids is 2. The van der Waals surface area contributed by atoms with E-state index in [1.165, 1.54) is 7.11 Å². The van der Waals surface area contributed by atoms with Gasteiger partial charge >= 0.3 is 0 Å². The molecule has 1 saturated heterocycles. The summed E-state index contributed by atoms with van der Waals surface area (Å²) in [6.45, 7) is 1.34. The van der Waals surface area contributed by atoms with Gasteiger partial charge in [0.15, 0.2) is 5.84 Å². The number of rotatable bonds is 6. The predicted molar refractivity (Wildman–Crippen MR) is 127 cm³/mol. The summed E-state index contributed by atoms with van der Waals surface area (Å²) >= 11 is 0. The molecular weight excluding hydrogens is 436 g/mol. The molecule has 10 heteroatoms. The van der Waals surface area contributed by atoms with Gasteiger partial charge in [-0.2, -0.15) is 0 Å². The van der Waals surface area contributed by atoms with Gasteiger partial charge in [0, 0.05) is 32.5 Å². The fourth-order valence-electron chi connectivity index (χ4n) is 4.28. The minimum atomic E-state index is -0.413. The van der Waals surface area contributed by atoms with E-state index in [1.807, 2.05) is 6.07 Å². The second kappa shape index (κ2) is 10.0. The number of methoxy groups -OCH3 is 1. The lowest BCUT2D eigenvalue weighted by atomic mass is 9.96. The standard InChI is InChI=1S/C24H28N6O4/c1-34-19-13-15-7-10-29(22(32)8-11-31)14-16(15)12-17(19)24(33)28-21-6-2-4-18(27-21)23(26)30-9-3-5-20(30)25/h2,4,6,12-13,25-26,31H,3,5,7-11,14H2,1H3,(H,27,28,33). The van der Waals surface area contributed by atoms with Crippen LogP contribution in [-0.2, 0) is 17.8 Å². The Morgan fingerprint density at radius 1 is 1.21 bits per heavy atom. The molecule has 34 heavy (non-hydrogen) atoms. The topological polar surface area (TPSA) is 143 Å². The Bertz CT molecular complexity index is 1150. The van der Waals surface area contributed by atoms with Crippen molar-refractivity contribution in [3.8, 4) is 5.75 Å². The zero-order chi connectivity index (χ0) is 24.2. The molecule has 1 aromatic heterocycles. The van der Waals surface area contributed by atoms with Gasteiger partial charge in [-0.3, -0.25) is 20.4 Å². The number of ether oxygens (including phenoxy) is 1. The Hall–Kier alpha value is -3.79. The van der Waals surface area contributed by atoms with Gasteiger partial charge in [0.1, 0.15) is 23.1 Å². The van der Waals surface area contributed by atoms with Crippen LogP contribution in [0.1, 0.15) is 46.4 Å². The lowest BCUT2D eigenvalue weighted by Crippen LogP contribution is -2.36. The minimum Gasteiger partial charge on any atom is -0.496 e. The number of aliphatic hydroxyl groups excluding tert-OH is 1. The van der Waals surface area contributed by atoms with Crippen LogP contribution in [0.2, 0.25) is 0 Å². The largest absolute Gasteiger partial charge is 0.496 e. The maximum atomic E-state index is 13.1. The summed E-state index contributed by atoms with van der Waals surface area (Å²) in [5.74, 6) is 0.718. The number of benzene rings is 1. The van der Waals surface area contributed by atoms with Gasteiger partial charge in [-0.05, 0) is 48.2 Å². The number of anilines is 1. The van der Waals surface area contributed by atoms with Crippen LogP contribution < -0.4 is 10.1 Å². The van der Waals surface area contributed by atoms with Gasteiger partial charge in [-0.15, -0.1) is 0 Å².